The first-order valence-corrected chi connectivity index (χ1v) is 5.53. The lowest BCUT2D eigenvalue weighted by Crippen LogP contribution is -2.11. The van der Waals surface area contributed by atoms with E-state index < -0.39 is 0 Å². The van der Waals surface area contributed by atoms with Crippen molar-refractivity contribution in [1.82, 2.24) is 4.98 Å². The fourth-order valence-corrected chi connectivity index (χ4v) is 1.40. The van der Waals surface area contributed by atoms with Crippen molar-refractivity contribution >= 4 is 39.1 Å². The molecular formula is C9H10BrClN2O. The lowest BCUT2D eigenvalue weighted by molar-refractivity contribution is -0.116. The van der Waals surface area contributed by atoms with Crippen LogP contribution in [0, 0.1) is 0 Å². The van der Waals surface area contributed by atoms with Gasteiger partial charge in [-0.25, -0.2) is 4.98 Å². The summed E-state index contributed by atoms with van der Waals surface area (Å²) in [6.07, 6.45) is 2.77. The Bertz CT molecular complexity index is 319. The molecule has 0 atom stereocenters. The van der Waals surface area contributed by atoms with Crippen molar-refractivity contribution in [3.8, 4) is 0 Å². The summed E-state index contributed by atoms with van der Waals surface area (Å²) >= 11 is 8.72. The first-order valence-electron chi connectivity index (χ1n) is 4.20. The molecule has 0 fully saturated rings. The van der Waals surface area contributed by atoms with Crippen LogP contribution in [0.15, 0.2) is 22.9 Å². The van der Waals surface area contributed by atoms with Crippen molar-refractivity contribution in [3.63, 3.8) is 0 Å². The fourth-order valence-electron chi connectivity index (χ4n) is 0.919. The minimum Gasteiger partial charge on any atom is -0.324 e. The number of hydrogen-bond donors (Lipinski definition) is 1. The third kappa shape index (κ3) is 3.64. The molecule has 1 amide bonds. The monoisotopic (exact) mass is 276 g/mol. The Kier molecular flexibility index (Phi) is 4.90. The maximum atomic E-state index is 11.3. The van der Waals surface area contributed by atoms with E-state index in [1.165, 1.54) is 0 Å². The molecular weight excluding hydrogens is 267 g/mol. The van der Waals surface area contributed by atoms with Crippen molar-refractivity contribution in [2.45, 2.75) is 12.8 Å². The van der Waals surface area contributed by atoms with Gasteiger partial charge in [0.05, 0.1) is 5.69 Å². The van der Waals surface area contributed by atoms with Gasteiger partial charge < -0.3 is 5.32 Å². The zero-order chi connectivity index (χ0) is 10.4. The van der Waals surface area contributed by atoms with Gasteiger partial charge in [0, 0.05) is 18.5 Å². The van der Waals surface area contributed by atoms with Crippen molar-refractivity contribution in [3.05, 3.63) is 22.9 Å². The van der Waals surface area contributed by atoms with Crippen LogP contribution in [0.4, 0.5) is 5.69 Å². The summed E-state index contributed by atoms with van der Waals surface area (Å²) in [5.41, 5.74) is 0.687. The van der Waals surface area contributed by atoms with E-state index >= 15 is 0 Å². The molecule has 0 unspecified atom stereocenters. The van der Waals surface area contributed by atoms with Crippen LogP contribution in [-0.4, -0.2) is 16.8 Å². The first-order chi connectivity index (χ1) is 6.74. The van der Waals surface area contributed by atoms with Crippen molar-refractivity contribution < 1.29 is 4.79 Å². The molecule has 1 aromatic heterocycles. The summed E-state index contributed by atoms with van der Waals surface area (Å²) in [4.78, 5) is 15.3. The average molecular weight is 278 g/mol. The Labute approximate surface area is 96.0 Å². The highest BCUT2D eigenvalue weighted by Crippen LogP contribution is 2.18. The molecule has 76 valence electrons. The average Bonchev–Trinajstić information content (AvgIpc) is 2.18. The Balaban J connectivity index is 2.52. The molecule has 1 aromatic rings. The van der Waals surface area contributed by atoms with Crippen LogP contribution in [-0.2, 0) is 4.79 Å². The predicted octanol–water partition coefficient (Wildman–Crippen LogP) is 2.80. The third-order valence-corrected chi connectivity index (χ3v) is 2.47. The van der Waals surface area contributed by atoms with Gasteiger partial charge in [0.1, 0.15) is 4.60 Å². The van der Waals surface area contributed by atoms with Gasteiger partial charge in [0.25, 0.3) is 0 Å². The molecule has 0 aliphatic heterocycles. The molecule has 0 aliphatic carbocycles. The van der Waals surface area contributed by atoms with Crippen LogP contribution in [0.25, 0.3) is 0 Å². The largest absolute Gasteiger partial charge is 0.324 e. The summed E-state index contributed by atoms with van der Waals surface area (Å²) in [6.45, 7) is 0. The molecule has 0 saturated heterocycles. The number of hydrogen-bond acceptors (Lipinski definition) is 2. The first kappa shape index (κ1) is 11.5. The van der Waals surface area contributed by atoms with E-state index in [0.29, 0.717) is 29.0 Å². The maximum absolute atomic E-state index is 11.3. The predicted molar refractivity (Wildman–Crippen MR) is 60.5 cm³/mol. The van der Waals surface area contributed by atoms with Crippen LogP contribution in [0.3, 0.4) is 0 Å². The molecule has 1 rings (SSSR count). The normalized spacial score (nSPS) is 9.86. The summed E-state index contributed by atoms with van der Waals surface area (Å²) in [5.74, 6) is 0.459. The smallest absolute Gasteiger partial charge is 0.224 e. The number of aromatic nitrogens is 1. The quantitative estimate of drug-likeness (QED) is 0.679. The summed E-state index contributed by atoms with van der Waals surface area (Å²) in [5, 5.41) is 2.74. The third-order valence-electron chi connectivity index (χ3n) is 1.57. The van der Waals surface area contributed by atoms with E-state index in [0.717, 1.165) is 0 Å². The molecule has 1 N–H and O–H groups in total. The van der Waals surface area contributed by atoms with E-state index in [9.17, 15) is 4.79 Å². The molecule has 14 heavy (non-hydrogen) atoms. The number of pyridine rings is 1. The second-order valence-electron chi connectivity index (χ2n) is 2.68. The molecule has 0 spiro atoms. The molecule has 0 saturated carbocycles. The number of anilines is 1. The Morgan fingerprint density at radius 3 is 3.07 bits per heavy atom. The van der Waals surface area contributed by atoms with Gasteiger partial charge >= 0.3 is 0 Å². The minimum atomic E-state index is -0.0423. The summed E-state index contributed by atoms with van der Waals surface area (Å²) in [7, 11) is 0. The van der Waals surface area contributed by atoms with E-state index in [1.54, 1.807) is 18.3 Å². The van der Waals surface area contributed by atoms with Gasteiger partial charge in [-0.05, 0) is 34.5 Å². The van der Waals surface area contributed by atoms with Gasteiger partial charge in [-0.15, -0.1) is 11.6 Å². The maximum Gasteiger partial charge on any atom is 0.224 e. The molecule has 5 heteroatoms. The lowest BCUT2D eigenvalue weighted by atomic mass is 10.3. The molecule has 0 aromatic carbocycles. The van der Waals surface area contributed by atoms with Crippen LogP contribution in [0.1, 0.15) is 12.8 Å². The number of nitrogens with zero attached hydrogens (tertiary/aromatic N) is 1. The Morgan fingerprint density at radius 1 is 1.64 bits per heavy atom. The van der Waals surface area contributed by atoms with Crippen molar-refractivity contribution in [1.29, 1.82) is 0 Å². The molecule has 0 bridgehead atoms. The number of nitrogens with one attached hydrogen (secondary N) is 1. The number of carbonyl (C=O) groups excluding carboxylic acids is 1. The van der Waals surface area contributed by atoms with Gasteiger partial charge in [0.2, 0.25) is 5.91 Å². The van der Waals surface area contributed by atoms with Gasteiger partial charge in [0.15, 0.2) is 0 Å². The topological polar surface area (TPSA) is 42.0 Å². The highest BCUT2D eigenvalue weighted by molar-refractivity contribution is 9.10. The molecule has 0 radical (unpaired) electrons. The van der Waals surface area contributed by atoms with E-state index in [1.807, 2.05) is 0 Å². The van der Waals surface area contributed by atoms with Crippen LogP contribution < -0.4 is 5.32 Å². The van der Waals surface area contributed by atoms with Crippen molar-refractivity contribution in [2.75, 3.05) is 11.2 Å². The van der Waals surface area contributed by atoms with Crippen LogP contribution >= 0.6 is 27.5 Å². The number of halogens is 2. The number of amides is 1. The molecule has 0 aliphatic rings. The highest BCUT2D eigenvalue weighted by atomic mass is 79.9. The number of alkyl halides is 1. The van der Waals surface area contributed by atoms with E-state index in [2.05, 4.69) is 26.2 Å². The Morgan fingerprint density at radius 2 is 2.43 bits per heavy atom. The highest BCUT2D eigenvalue weighted by Gasteiger charge is 2.04. The second-order valence-corrected chi connectivity index (χ2v) is 3.81. The molecule has 1 heterocycles. The summed E-state index contributed by atoms with van der Waals surface area (Å²) < 4.78 is 0.638. The summed E-state index contributed by atoms with van der Waals surface area (Å²) in [6, 6.07) is 3.55. The number of carbonyl (C=O) groups is 1. The minimum absolute atomic E-state index is 0.0423. The second kappa shape index (κ2) is 5.98. The van der Waals surface area contributed by atoms with Crippen LogP contribution in [0.5, 0.6) is 0 Å². The van der Waals surface area contributed by atoms with E-state index in [-0.39, 0.29) is 5.91 Å². The zero-order valence-electron chi connectivity index (χ0n) is 7.46. The van der Waals surface area contributed by atoms with Crippen molar-refractivity contribution in [2.24, 2.45) is 0 Å². The van der Waals surface area contributed by atoms with Crippen LogP contribution in [0.2, 0.25) is 0 Å². The van der Waals surface area contributed by atoms with Gasteiger partial charge in [-0.2, -0.15) is 0 Å². The lowest BCUT2D eigenvalue weighted by Gasteiger charge is -2.05. The van der Waals surface area contributed by atoms with Gasteiger partial charge in [-0.1, -0.05) is 0 Å². The Hall–Kier alpha value is -0.610. The molecule has 3 nitrogen and oxygen atoms in total. The number of rotatable bonds is 4. The standard InChI is InChI=1S/C9H10BrClN2O/c10-9-7(3-2-6-12-9)13-8(14)4-1-5-11/h2-3,6H,1,4-5H2,(H,13,14). The van der Waals surface area contributed by atoms with Gasteiger partial charge in [-0.3, -0.25) is 4.79 Å². The SMILES string of the molecule is O=C(CCCCl)Nc1cccnc1Br. The fraction of sp³-hybridized carbons (Fsp3) is 0.333. The van der Waals surface area contributed by atoms with E-state index in [4.69, 9.17) is 11.6 Å². The zero-order valence-corrected chi connectivity index (χ0v) is 9.81.